The van der Waals surface area contributed by atoms with Crippen molar-refractivity contribution in [1.29, 1.82) is 0 Å². The molecule has 0 unspecified atom stereocenters. The summed E-state index contributed by atoms with van der Waals surface area (Å²) < 4.78 is 54.4. The van der Waals surface area contributed by atoms with Crippen molar-refractivity contribution in [1.82, 2.24) is 14.9 Å². The van der Waals surface area contributed by atoms with E-state index in [1.165, 1.54) is 0 Å². The molecule has 6 nitrogen and oxygen atoms in total. The molecule has 0 saturated carbocycles. The summed E-state index contributed by atoms with van der Waals surface area (Å²) in [6.45, 7) is 2.21. The Morgan fingerprint density at radius 3 is 2.50 bits per heavy atom. The van der Waals surface area contributed by atoms with E-state index in [0.29, 0.717) is 19.4 Å². The van der Waals surface area contributed by atoms with Gasteiger partial charge >= 0.3 is 12.2 Å². The predicted molar refractivity (Wildman–Crippen MR) is 95.5 cm³/mol. The van der Waals surface area contributed by atoms with Crippen LogP contribution in [0.15, 0.2) is 30.5 Å². The molecule has 2 heterocycles. The molecular weight excluding hydrogens is 375 g/mol. The molecule has 2 aromatic rings. The molecule has 152 valence electrons. The quantitative estimate of drug-likeness (QED) is 0.743. The van der Waals surface area contributed by atoms with Crippen LogP contribution in [-0.2, 0) is 12.7 Å². The van der Waals surface area contributed by atoms with E-state index in [4.69, 9.17) is 14.2 Å². The first-order valence-electron chi connectivity index (χ1n) is 8.89. The van der Waals surface area contributed by atoms with Gasteiger partial charge in [-0.05, 0) is 25.0 Å². The zero-order valence-electron chi connectivity index (χ0n) is 15.7. The normalized spacial score (nSPS) is 16.0. The van der Waals surface area contributed by atoms with Gasteiger partial charge in [-0.15, -0.1) is 0 Å². The molecule has 1 aliphatic rings. The van der Waals surface area contributed by atoms with Crippen LogP contribution in [-0.4, -0.2) is 48.3 Å². The number of hydrogen-bond donors (Lipinski definition) is 0. The van der Waals surface area contributed by atoms with E-state index >= 15 is 0 Å². The van der Waals surface area contributed by atoms with Gasteiger partial charge in [0.2, 0.25) is 0 Å². The third-order valence-corrected chi connectivity index (χ3v) is 4.62. The SMILES string of the molecule is COc1ccc(CN2CCC(Oc3nccc(C(F)(F)F)n3)CC2)c(OC)c1. The van der Waals surface area contributed by atoms with Crippen molar-refractivity contribution >= 4 is 0 Å². The number of hydrogen-bond acceptors (Lipinski definition) is 6. The minimum absolute atomic E-state index is 0.211. The van der Waals surface area contributed by atoms with Crippen LogP contribution in [0.3, 0.4) is 0 Å². The van der Waals surface area contributed by atoms with E-state index < -0.39 is 11.9 Å². The number of alkyl halides is 3. The third kappa shape index (κ3) is 5.03. The monoisotopic (exact) mass is 397 g/mol. The largest absolute Gasteiger partial charge is 0.497 e. The van der Waals surface area contributed by atoms with Gasteiger partial charge in [0.15, 0.2) is 5.69 Å². The maximum Gasteiger partial charge on any atom is 0.433 e. The fraction of sp³-hybridized carbons (Fsp3) is 0.474. The van der Waals surface area contributed by atoms with Gasteiger partial charge in [-0.1, -0.05) is 6.07 Å². The Balaban J connectivity index is 1.55. The smallest absolute Gasteiger partial charge is 0.433 e. The van der Waals surface area contributed by atoms with Crippen molar-refractivity contribution in [3.8, 4) is 17.5 Å². The van der Waals surface area contributed by atoms with Gasteiger partial charge in [0.1, 0.15) is 17.6 Å². The Hall–Kier alpha value is -2.55. The van der Waals surface area contributed by atoms with Crippen LogP contribution in [0.5, 0.6) is 17.5 Å². The number of nitrogens with zero attached hydrogens (tertiary/aromatic N) is 3. The van der Waals surface area contributed by atoms with Crippen molar-refractivity contribution in [2.75, 3.05) is 27.3 Å². The molecule has 0 radical (unpaired) electrons. The van der Waals surface area contributed by atoms with Gasteiger partial charge in [0.05, 0.1) is 14.2 Å². The Labute approximate surface area is 161 Å². The number of halogens is 3. The summed E-state index contributed by atoms with van der Waals surface area (Å²) in [5.41, 5.74) is 0.0467. The summed E-state index contributed by atoms with van der Waals surface area (Å²) in [5.74, 6) is 1.49. The highest BCUT2D eigenvalue weighted by Crippen LogP contribution is 2.29. The van der Waals surface area contributed by atoms with Crippen molar-refractivity contribution in [3.05, 3.63) is 41.7 Å². The lowest BCUT2D eigenvalue weighted by Crippen LogP contribution is -2.38. The number of aromatic nitrogens is 2. The Bertz CT molecular complexity index is 793. The fourth-order valence-electron chi connectivity index (χ4n) is 3.11. The number of ether oxygens (including phenoxy) is 3. The summed E-state index contributed by atoms with van der Waals surface area (Å²) in [7, 11) is 3.22. The van der Waals surface area contributed by atoms with Gasteiger partial charge in [-0.2, -0.15) is 18.2 Å². The number of methoxy groups -OCH3 is 2. The maximum atomic E-state index is 12.7. The van der Waals surface area contributed by atoms with Gasteiger partial charge < -0.3 is 14.2 Å². The van der Waals surface area contributed by atoms with Crippen LogP contribution in [0.2, 0.25) is 0 Å². The summed E-state index contributed by atoms with van der Waals surface area (Å²) in [4.78, 5) is 9.51. The Morgan fingerprint density at radius 2 is 1.86 bits per heavy atom. The highest BCUT2D eigenvalue weighted by atomic mass is 19.4. The number of benzene rings is 1. The average Bonchev–Trinajstić information content (AvgIpc) is 2.69. The van der Waals surface area contributed by atoms with Crippen molar-refractivity contribution in [3.63, 3.8) is 0 Å². The van der Waals surface area contributed by atoms with E-state index in [1.54, 1.807) is 14.2 Å². The number of rotatable bonds is 6. The van der Waals surface area contributed by atoms with Crippen LogP contribution >= 0.6 is 0 Å². The second-order valence-electron chi connectivity index (χ2n) is 6.49. The van der Waals surface area contributed by atoms with Gasteiger partial charge in [-0.25, -0.2) is 4.98 Å². The molecule has 0 bridgehead atoms. The lowest BCUT2D eigenvalue weighted by atomic mass is 10.1. The van der Waals surface area contributed by atoms with Crippen LogP contribution in [0, 0.1) is 0 Å². The molecule has 0 amide bonds. The first kappa shape index (κ1) is 20.2. The topological polar surface area (TPSA) is 56.7 Å². The van der Waals surface area contributed by atoms with Crippen LogP contribution < -0.4 is 14.2 Å². The second-order valence-corrected chi connectivity index (χ2v) is 6.49. The number of piperidine rings is 1. The third-order valence-electron chi connectivity index (χ3n) is 4.62. The molecule has 28 heavy (non-hydrogen) atoms. The molecule has 1 aromatic heterocycles. The van der Waals surface area contributed by atoms with Crippen molar-refractivity contribution in [2.24, 2.45) is 0 Å². The van der Waals surface area contributed by atoms with Crippen LogP contribution in [0.1, 0.15) is 24.1 Å². The molecular formula is C19H22F3N3O3. The molecule has 9 heteroatoms. The van der Waals surface area contributed by atoms with E-state index in [-0.39, 0.29) is 12.1 Å². The molecule has 1 aliphatic heterocycles. The Morgan fingerprint density at radius 1 is 1.11 bits per heavy atom. The molecule has 0 N–H and O–H groups in total. The number of likely N-dealkylation sites (tertiary alicyclic amines) is 1. The first-order valence-corrected chi connectivity index (χ1v) is 8.89. The Kier molecular flexibility index (Phi) is 6.23. The van der Waals surface area contributed by atoms with E-state index in [1.807, 2.05) is 18.2 Å². The minimum Gasteiger partial charge on any atom is -0.497 e. The molecule has 1 saturated heterocycles. The zero-order valence-corrected chi connectivity index (χ0v) is 15.7. The summed E-state index contributed by atoms with van der Waals surface area (Å²) in [5, 5.41) is 0. The van der Waals surface area contributed by atoms with Gasteiger partial charge in [0, 0.05) is 37.5 Å². The zero-order chi connectivity index (χ0) is 20.1. The summed E-state index contributed by atoms with van der Waals surface area (Å²) in [6, 6.07) is 6.30. The predicted octanol–water partition coefficient (Wildman–Crippen LogP) is 3.56. The maximum absolute atomic E-state index is 12.7. The molecule has 0 aliphatic carbocycles. The van der Waals surface area contributed by atoms with Gasteiger partial charge in [0.25, 0.3) is 0 Å². The lowest BCUT2D eigenvalue weighted by molar-refractivity contribution is -0.141. The van der Waals surface area contributed by atoms with E-state index in [9.17, 15) is 13.2 Å². The summed E-state index contributed by atoms with van der Waals surface area (Å²) in [6.07, 6.45) is -2.30. The second kappa shape index (κ2) is 8.64. The molecule has 1 aromatic carbocycles. The average molecular weight is 397 g/mol. The highest BCUT2D eigenvalue weighted by molar-refractivity contribution is 5.40. The summed E-state index contributed by atoms with van der Waals surface area (Å²) >= 11 is 0. The molecule has 0 spiro atoms. The molecule has 1 fully saturated rings. The molecule has 0 atom stereocenters. The van der Waals surface area contributed by atoms with E-state index in [0.717, 1.165) is 42.4 Å². The van der Waals surface area contributed by atoms with Crippen LogP contribution in [0.25, 0.3) is 0 Å². The van der Waals surface area contributed by atoms with Gasteiger partial charge in [-0.3, -0.25) is 4.90 Å². The standard InChI is InChI=1S/C19H22F3N3O3/c1-26-15-4-3-13(16(11-15)27-2)12-25-9-6-14(7-10-25)28-18-23-8-5-17(24-18)19(20,21)22/h3-5,8,11,14H,6-7,9-10,12H2,1-2H3. The lowest BCUT2D eigenvalue weighted by Gasteiger charge is -2.32. The fourth-order valence-corrected chi connectivity index (χ4v) is 3.11. The minimum atomic E-state index is -4.51. The molecule has 3 rings (SSSR count). The van der Waals surface area contributed by atoms with Crippen LogP contribution in [0.4, 0.5) is 13.2 Å². The van der Waals surface area contributed by atoms with E-state index in [2.05, 4.69) is 14.9 Å². The first-order chi connectivity index (χ1) is 13.4. The van der Waals surface area contributed by atoms with Crippen molar-refractivity contribution < 1.29 is 27.4 Å². The highest BCUT2D eigenvalue weighted by Gasteiger charge is 2.33. The van der Waals surface area contributed by atoms with Crippen molar-refractivity contribution in [2.45, 2.75) is 31.7 Å².